The number of likely N-dealkylation sites (N-methyl/N-ethyl adjacent to an activating group) is 1. The minimum Gasteiger partial charge on any atom is -0.454 e. The third kappa shape index (κ3) is 7.77. The minimum absolute atomic E-state index is 0.0197. The summed E-state index contributed by atoms with van der Waals surface area (Å²) < 4.78 is 4.80. The fourth-order valence-corrected chi connectivity index (χ4v) is 2.25. The summed E-state index contributed by atoms with van der Waals surface area (Å²) in [5.41, 5.74) is 1.50. The first kappa shape index (κ1) is 23.1. The van der Waals surface area contributed by atoms with Crippen LogP contribution in [-0.4, -0.2) is 49.4 Å². The van der Waals surface area contributed by atoms with E-state index in [9.17, 15) is 19.2 Å². The van der Waals surface area contributed by atoms with E-state index in [1.165, 1.54) is 6.92 Å². The van der Waals surface area contributed by atoms with E-state index in [1.54, 1.807) is 19.1 Å². The number of carbonyl (C=O) groups excluding carboxylic acids is 4. The summed E-state index contributed by atoms with van der Waals surface area (Å²) in [5, 5.41) is 7.43. The smallest absolute Gasteiger partial charge is 0.325 e. The van der Waals surface area contributed by atoms with E-state index < -0.39 is 30.4 Å². The van der Waals surface area contributed by atoms with Crippen LogP contribution in [0.15, 0.2) is 24.3 Å². The molecule has 8 nitrogen and oxygen atoms in total. The van der Waals surface area contributed by atoms with E-state index in [0.717, 1.165) is 5.56 Å². The van der Waals surface area contributed by atoms with Crippen molar-refractivity contribution < 1.29 is 23.9 Å². The number of hydrogen-bond acceptors (Lipinski definition) is 5. The number of esters is 1. The van der Waals surface area contributed by atoms with Gasteiger partial charge in [-0.25, -0.2) is 0 Å². The van der Waals surface area contributed by atoms with E-state index in [4.69, 9.17) is 4.74 Å². The van der Waals surface area contributed by atoms with Crippen molar-refractivity contribution in [1.29, 1.82) is 0 Å². The Morgan fingerprint density at radius 1 is 1.04 bits per heavy atom. The highest BCUT2D eigenvalue weighted by Crippen LogP contribution is 2.22. The molecule has 3 amide bonds. The van der Waals surface area contributed by atoms with Gasteiger partial charge >= 0.3 is 5.97 Å². The van der Waals surface area contributed by atoms with Crippen molar-refractivity contribution in [3.63, 3.8) is 0 Å². The largest absolute Gasteiger partial charge is 0.454 e. The summed E-state index contributed by atoms with van der Waals surface area (Å²) in [7, 11) is 0. The molecule has 0 radical (unpaired) electrons. The Labute approximate surface area is 165 Å². The first-order valence-corrected chi connectivity index (χ1v) is 9.16. The lowest BCUT2D eigenvalue weighted by Gasteiger charge is -2.19. The minimum atomic E-state index is -0.750. The lowest BCUT2D eigenvalue weighted by Crippen LogP contribution is -2.46. The van der Waals surface area contributed by atoms with Gasteiger partial charge in [0.1, 0.15) is 12.6 Å². The standard InChI is InChI=1S/C20H29N3O5/c1-6-21-18(26)13(2)23-16(24)12-28-17(25)11-22-19(27)14-7-9-15(10-8-14)20(3,4)5/h7-10,13H,6,11-12H2,1-5H3,(H,21,26)(H,22,27)(H,23,24)/t13-/m1/s1. The monoisotopic (exact) mass is 391 g/mol. The van der Waals surface area contributed by atoms with E-state index >= 15 is 0 Å². The van der Waals surface area contributed by atoms with Crippen LogP contribution in [0.25, 0.3) is 0 Å². The number of nitrogens with one attached hydrogen (secondary N) is 3. The summed E-state index contributed by atoms with van der Waals surface area (Å²) >= 11 is 0. The van der Waals surface area contributed by atoms with E-state index in [1.807, 2.05) is 12.1 Å². The molecule has 1 atom stereocenters. The Morgan fingerprint density at radius 2 is 1.64 bits per heavy atom. The van der Waals surface area contributed by atoms with Gasteiger partial charge in [-0.2, -0.15) is 0 Å². The third-order valence-electron chi connectivity index (χ3n) is 3.89. The number of ether oxygens (including phenoxy) is 1. The zero-order valence-electron chi connectivity index (χ0n) is 17.0. The van der Waals surface area contributed by atoms with Crippen LogP contribution in [0.1, 0.15) is 50.5 Å². The lowest BCUT2D eigenvalue weighted by atomic mass is 9.87. The normalized spacial score (nSPS) is 11.9. The molecular formula is C20H29N3O5. The van der Waals surface area contributed by atoms with Crippen LogP contribution in [-0.2, 0) is 24.5 Å². The molecule has 154 valence electrons. The van der Waals surface area contributed by atoms with Gasteiger partial charge in [0, 0.05) is 12.1 Å². The fraction of sp³-hybridized carbons (Fsp3) is 0.500. The Hall–Kier alpha value is -2.90. The zero-order chi connectivity index (χ0) is 21.3. The summed E-state index contributed by atoms with van der Waals surface area (Å²) in [6.07, 6.45) is 0. The van der Waals surface area contributed by atoms with Gasteiger partial charge in [0.25, 0.3) is 11.8 Å². The molecule has 1 aromatic rings. The lowest BCUT2D eigenvalue weighted by molar-refractivity contribution is -0.147. The van der Waals surface area contributed by atoms with Gasteiger partial charge in [0.2, 0.25) is 5.91 Å². The van der Waals surface area contributed by atoms with Crippen LogP contribution in [0.5, 0.6) is 0 Å². The second kappa shape index (κ2) is 10.4. The first-order chi connectivity index (χ1) is 13.0. The molecule has 0 bridgehead atoms. The van der Waals surface area contributed by atoms with Crippen LogP contribution >= 0.6 is 0 Å². The Kier molecular flexibility index (Phi) is 8.63. The number of benzene rings is 1. The maximum atomic E-state index is 12.1. The topological polar surface area (TPSA) is 114 Å². The molecule has 0 fully saturated rings. The van der Waals surface area contributed by atoms with Gasteiger partial charge in [-0.3, -0.25) is 19.2 Å². The maximum Gasteiger partial charge on any atom is 0.325 e. The zero-order valence-corrected chi connectivity index (χ0v) is 17.0. The SMILES string of the molecule is CCNC(=O)[C@@H](C)NC(=O)COC(=O)CNC(=O)c1ccc(C(C)(C)C)cc1. The molecule has 3 N–H and O–H groups in total. The highest BCUT2D eigenvalue weighted by atomic mass is 16.5. The molecule has 0 unspecified atom stereocenters. The van der Waals surface area contributed by atoms with Gasteiger partial charge in [-0.05, 0) is 37.0 Å². The second-order valence-electron chi connectivity index (χ2n) is 7.35. The molecule has 0 spiro atoms. The molecule has 0 saturated carbocycles. The van der Waals surface area contributed by atoms with E-state index in [-0.39, 0.29) is 17.9 Å². The summed E-state index contributed by atoms with van der Waals surface area (Å²) in [6.45, 7) is 9.07. The van der Waals surface area contributed by atoms with Gasteiger partial charge in [0.15, 0.2) is 6.61 Å². The average Bonchev–Trinajstić information content (AvgIpc) is 2.64. The Bertz CT molecular complexity index is 708. The Morgan fingerprint density at radius 3 is 2.18 bits per heavy atom. The molecule has 0 aliphatic carbocycles. The van der Waals surface area contributed by atoms with Crippen molar-refractivity contribution in [3.8, 4) is 0 Å². The number of rotatable bonds is 8. The van der Waals surface area contributed by atoms with Crippen LogP contribution in [0.4, 0.5) is 0 Å². The third-order valence-corrected chi connectivity index (χ3v) is 3.89. The molecule has 28 heavy (non-hydrogen) atoms. The molecule has 1 rings (SSSR count). The van der Waals surface area contributed by atoms with E-state index in [0.29, 0.717) is 12.1 Å². The predicted octanol–water partition coefficient (Wildman–Crippen LogP) is 0.898. The number of hydrogen-bond donors (Lipinski definition) is 3. The quantitative estimate of drug-likeness (QED) is 0.570. The molecular weight excluding hydrogens is 362 g/mol. The van der Waals surface area contributed by atoms with Crippen LogP contribution in [0.3, 0.4) is 0 Å². The van der Waals surface area contributed by atoms with Crippen molar-refractivity contribution in [1.82, 2.24) is 16.0 Å². The van der Waals surface area contributed by atoms with Gasteiger partial charge < -0.3 is 20.7 Å². The first-order valence-electron chi connectivity index (χ1n) is 9.16. The van der Waals surface area contributed by atoms with Crippen molar-refractivity contribution in [2.24, 2.45) is 0 Å². The molecule has 8 heteroatoms. The van der Waals surface area contributed by atoms with Crippen molar-refractivity contribution in [2.75, 3.05) is 19.7 Å². The molecule has 1 aromatic carbocycles. The molecule has 0 aliphatic heterocycles. The maximum absolute atomic E-state index is 12.1. The molecule has 0 heterocycles. The van der Waals surface area contributed by atoms with Crippen LogP contribution in [0, 0.1) is 0 Å². The van der Waals surface area contributed by atoms with Crippen LogP contribution < -0.4 is 16.0 Å². The van der Waals surface area contributed by atoms with Crippen LogP contribution in [0.2, 0.25) is 0 Å². The highest BCUT2D eigenvalue weighted by Gasteiger charge is 2.17. The van der Waals surface area contributed by atoms with Crippen molar-refractivity contribution in [2.45, 2.75) is 46.1 Å². The number of amides is 3. The summed E-state index contributed by atoms with van der Waals surface area (Å²) in [4.78, 5) is 47.0. The van der Waals surface area contributed by atoms with Gasteiger partial charge in [0.05, 0.1) is 0 Å². The highest BCUT2D eigenvalue weighted by molar-refractivity contribution is 5.96. The number of carbonyl (C=O) groups is 4. The second-order valence-corrected chi connectivity index (χ2v) is 7.35. The van der Waals surface area contributed by atoms with Gasteiger partial charge in [-0.15, -0.1) is 0 Å². The van der Waals surface area contributed by atoms with Crippen molar-refractivity contribution >= 4 is 23.7 Å². The predicted molar refractivity (Wildman–Crippen MR) is 105 cm³/mol. The van der Waals surface area contributed by atoms with Gasteiger partial charge in [-0.1, -0.05) is 32.9 Å². The average molecular weight is 391 g/mol. The molecule has 0 aromatic heterocycles. The fourth-order valence-electron chi connectivity index (χ4n) is 2.25. The summed E-state index contributed by atoms with van der Waals surface area (Å²) in [6, 6.07) is 6.39. The van der Waals surface area contributed by atoms with Crippen molar-refractivity contribution in [3.05, 3.63) is 35.4 Å². The summed E-state index contributed by atoms with van der Waals surface area (Å²) in [5.74, 6) is -2.09. The Balaban J connectivity index is 2.39. The van der Waals surface area contributed by atoms with E-state index in [2.05, 4.69) is 36.7 Å². The molecule has 0 saturated heterocycles. The molecule has 0 aliphatic rings.